The Morgan fingerprint density at radius 2 is 1.97 bits per heavy atom. The van der Waals surface area contributed by atoms with E-state index in [0.29, 0.717) is 11.8 Å². The van der Waals surface area contributed by atoms with Gasteiger partial charge in [-0.15, -0.1) is 10.2 Å². The lowest BCUT2D eigenvalue weighted by Crippen LogP contribution is -2.36. The van der Waals surface area contributed by atoms with Crippen molar-refractivity contribution in [1.82, 2.24) is 14.8 Å². The predicted octanol–water partition coefficient (Wildman–Crippen LogP) is 3.68. The second-order valence-corrected chi connectivity index (χ2v) is 9.31. The lowest BCUT2D eigenvalue weighted by molar-refractivity contribution is -0.116. The van der Waals surface area contributed by atoms with E-state index in [1.807, 2.05) is 17.0 Å². The standard InChI is InChI=1S/C22H29N5O2S/c1-29-18-9-10-19-16(14-18)6-5-13-26(19)20(28)15-30-22-24-23-21(27(22)17-7-8-17)25-11-3-2-4-12-25/h9-10,14,17H,2-8,11-13,15H2,1H3. The van der Waals surface area contributed by atoms with E-state index in [2.05, 4.69) is 25.7 Å². The first-order chi connectivity index (χ1) is 14.7. The van der Waals surface area contributed by atoms with Crippen molar-refractivity contribution in [2.45, 2.75) is 56.1 Å². The Morgan fingerprint density at radius 1 is 1.13 bits per heavy atom. The number of ether oxygens (including phenoxy) is 1. The Labute approximate surface area is 181 Å². The maximum Gasteiger partial charge on any atom is 0.237 e. The van der Waals surface area contributed by atoms with Crippen molar-refractivity contribution < 1.29 is 9.53 Å². The molecule has 0 radical (unpaired) electrons. The van der Waals surface area contributed by atoms with Gasteiger partial charge in [0.15, 0.2) is 5.16 Å². The van der Waals surface area contributed by atoms with E-state index in [-0.39, 0.29) is 5.91 Å². The van der Waals surface area contributed by atoms with E-state index in [0.717, 1.165) is 55.0 Å². The normalized spacial score (nSPS) is 19.0. The maximum atomic E-state index is 13.1. The molecule has 0 unspecified atom stereocenters. The molecule has 2 fully saturated rings. The summed E-state index contributed by atoms with van der Waals surface area (Å²) in [5.41, 5.74) is 2.21. The van der Waals surface area contributed by atoms with Gasteiger partial charge in [0.25, 0.3) is 0 Å². The van der Waals surface area contributed by atoms with Crippen LogP contribution < -0.4 is 14.5 Å². The number of fused-ring (bicyclic) bond motifs is 1. The molecule has 0 spiro atoms. The average Bonchev–Trinajstić information content (AvgIpc) is 3.55. The van der Waals surface area contributed by atoms with Crippen LogP contribution in [-0.2, 0) is 11.2 Å². The van der Waals surface area contributed by atoms with Crippen LogP contribution in [0.4, 0.5) is 11.6 Å². The van der Waals surface area contributed by atoms with Gasteiger partial charge in [0.1, 0.15) is 5.75 Å². The molecular weight excluding hydrogens is 398 g/mol. The van der Waals surface area contributed by atoms with Crippen LogP contribution in [-0.4, -0.2) is 53.2 Å². The van der Waals surface area contributed by atoms with E-state index >= 15 is 0 Å². The minimum atomic E-state index is 0.135. The number of piperidine rings is 1. The summed E-state index contributed by atoms with van der Waals surface area (Å²) < 4.78 is 7.64. The SMILES string of the molecule is COc1ccc2c(c1)CCCN2C(=O)CSc1nnc(N2CCCCC2)n1C1CC1. The molecule has 3 heterocycles. The Bertz CT molecular complexity index is 920. The van der Waals surface area contributed by atoms with Gasteiger partial charge in [-0.05, 0) is 68.7 Å². The van der Waals surface area contributed by atoms with Gasteiger partial charge in [0.05, 0.1) is 12.9 Å². The van der Waals surface area contributed by atoms with Crippen LogP contribution in [0.1, 0.15) is 50.1 Å². The van der Waals surface area contributed by atoms with Gasteiger partial charge >= 0.3 is 0 Å². The monoisotopic (exact) mass is 427 g/mol. The molecule has 1 amide bonds. The van der Waals surface area contributed by atoms with Crippen LogP contribution in [0.3, 0.4) is 0 Å². The van der Waals surface area contributed by atoms with E-state index in [1.54, 1.807) is 7.11 Å². The fourth-order valence-electron chi connectivity index (χ4n) is 4.49. The molecule has 160 valence electrons. The van der Waals surface area contributed by atoms with Crippen molar-refractivity contribution in [3.05, 3.63) is 23.8 Å². The fourth-order valence-corrected chi connectivity index (χ4v) is 5.37. The number of benzene rings is 1. The number of hydrogen-bond acceptors (Lipinski definition) is 6. The molecule has 1 aliphatic carbocycles. The number of amides is 1. The van der Waals surface area contributed by atoms with Crippen LogP contribution in [0.25, 0.3) is 0 Å². The molecule has 8 heteroatoms. The van der Waals surface area contributed by atoms with Gasteiger partial charge in [-0.1, -0.05) is 11.8 Å². The summed E-state index contributed by atoms with van der Waals surface area (Å²) >= 11 is 1.53. The summed E-state index contributed by atoms with van der Waals surface area (Å²) in [5, 5.41) is 9.90. The molecule has 2 aromatic rings. The van der Waals surface area contributed by atoms with Crippen LogP contribution >= 0.6 is 11.8 Å². The highest BCUT2D eigenvalue weighted by Crippen LogP contribution is 2.41. The van der Waals surface area contributed by atoms with Crippen molar-refractivity contribution in [2.24, 2.45) is 0 Å². The molecule has 5 rings (SSSR count). The summed E-state index contributed by atoms with van der Waals surface area (Å²) in [6, 6.07) is 6.50. The minimum Gasteiger partial charge on any atom is -0.497 e. The van der Waals surface area contributed by atoms with Gasteiger partial charge in [-0.25, -0.2) is 0 Å². The Morgan fingerprint density at radius 3 is 2.73 bits per heavy atom. The fraction of sp³-hybridized carbons (Fsp3) is 0.591. The number of carbonyl (C=O) groups is 1. The highest BCUT2D eigenvalue weighted by atomic mass is 32.2. The highest BCUT2D eigenvalue weighted by Gasteiger charge is 2.32. The van der Waals surface area contributed by atoms with Crippen molar-refractivity contribution in [3.63, 3.8) is 0 Å². The topological polar surface area (TPSA) is 63.5 Å². The number of anilines is 2. The Balaban J connectivity index is 1.30. The molecule has 30 heavy (non-hydrogen) atoms. The van der Waals surface area contributed by atoms with Crippen LogP contribution in [0.5, 0.6) is 5.75 Å². The summed E-state index contributed by atoms with van der Waals surface area (Å²) in [7, 11) is 1.68. The quantitative estimate of drug-likeness (QED) is 0.656. The number of hydrogen-bond donors (Lipinski definition) is 0. The molecule has 0 bridgehead atoms. The zero-order chi connectivity index (χ0) is 20.5. The molecule has 7 nitrogen and oxygen atoms in total. The van der Waals surface area contributed by atoms with Gasteiger partial charge in [-0.2, -0.15) is 0 Å². The van der Waals surface area contributed by atoms with E-state index in [1.165, 1.54) is 49.4 Å². The first kappa shape index (κ1) is 19.7. The zero-order valence-corrected chi connectivity index (χ0v) is 18.4. The third-order valence-electron chi connectivity index (χ3n) is 6.23. The first-order valence-corrected chi connectivity index (χ1v) is 12.0. The van der Waals surface area contributed by atoms with E-state index < -0.39 is 0 Å². The molecular formula is C22H29N5O2S. The maximum absolute atomic E-state index is 13.1. The van der Waals surface area contributed by atoms with Crippen molar-refractivity contribution in [3.8, 4) is 5.75 Å². The summed E-state index contributed by atoms with van der Waals surface area (Å²) in [6.07, 6.45) is 8.07. The predicted molar refractivity (Wildman–Crippen MR) is 119 cm³/mol. The van der Waals surface area contributed by atoms with Crippen LogP contribution in [0, 0.1) is 0 Å². The van der Waals surface area contributed by atoms with E-state index in [9.17, 15) is 4.79 Å². The summed E-state index contributed by atoms with van der Waals surface area (Å²) in [5.74, 6) is 2.37. The number of carbonyl (C=O) groups excluding carboxylic acids is 1. The average molecular weight is 428 g/mol. The van der Waals surface area contributed by atoms with Crippen molar-refractivity contribution in [2.75, 3.05) is 42.3 Å². The van der Waals surface area contributed by atoms with Gasteiger partial charge in [0.2, 0.25) is 11.9 Å². The van der Waals surface area contributed by atoms with Gasteiger partial charge < -0.3 is 14.5 Å². The molecule has 1 aromatic carbocycles. The second-order valence-electron chi connectivity index (χ2n) is 8.36. The van der Waals surface area contributed by atoms with Crippen molar-refractivity contribution >= 4 is 29.3 Å². The molecule has 0 N–H and O–H groups in total. The smallest absolute Gasteiger partial charge is 0.237 e. The third kappa shape index (κ3) is 3.89. The minimum absolute atomic E-state index is 0.135. The molecule has 1 saturated carbocycles. The molecule has 2 aliphatic heterocycles. The number of rotatable bonds is 6. The molecule has 0 atom stereocenters. The van der Waals surface area contributed by atoms with Gasteiger partial charge in [-0.3, -0.25) is 9.36 Å². The number of methoxy groups -OCH3 is 1. The Hall–Kier alpha value is -2.22. The number of aryl methyl sites for hydroxylation is 1. The number of thioether (sulfide) groups is 1. The summed E-state index contributed by atoms with van der Waals surface area (Å²) in [6.45, 7) is 2.89. The lowest BCUT2D eigenvalue weighted by atomic mass is 10.0. The number of aromatic nitrogens is 3. The van der Waals surface area contributed by atoms with Crippen molar-refractivity contribution in [1.29, 1.82) is 0 Å². The first-order valence-electron chi connectivity index (χ1n) is 11.0. The lowest BCUT2D eigenvalue weighted by Gasteiger charge is -2.30. The number of nitrogens with zero attached hydrogens (tertiary/aromatic N) is 5. The molecule has 3 aliphatic rings. The largest absolute Gasteiger partial charge is 0.497 e. The van der Waals surface area contributed by atoms with Gasteiger partial charge in [0, 0.05) is 31.4 Å². The Kier molecular flexibility index (Phi) is 5.58. The third-order valence-corrected chi connectivity index (χ3v) is 7.16. The molecule has 1 saturated heterocycles. The van der Waals surface area contributed by atoms with Crippen LogP contribution in [0.15, 0.2) is 23.4 Å². The highest BCUT2D eigenvalue weighted by molar-refractivity contribution is 7.99. The second kappa shape index (κ2) is 8.49. The zero-order valence-electron chi connectivity index (χ0n) is 17.5. The van der Waals surface area contributed by atoms with E-state index in [4.69, 9.17) is 4.74 Å². The van der Waals surface area contributed by atoms with Crippen LogP contribution in [0.2, 0.25) is 0 Å². The molecule has 1 aromatic heterocycles. The summed E-state index contributed by atoms with van der Waals surface area (Å²) in [4.78, 5) is 17.4.